The van der Waals surface area contributed by atoms with Crippen molar-refractivity contribution in [1.82, 2.24) is 0 Å². The van der Waals surface area contributed by atoms with E-state index in [4.69, 9.17) is 0 Å². The lowest BCUT2D eigenvalue weighted by Crippen LogP contribution is -2.34. The Bertz CT molecular complexity index is 547. The summed E-state index contributed by atoms with van der Waals surface area (Å²) in [4.78, 5) is 0. The molecule has 0 amide bonds. The van der Waals surface area contributed by atoms with Crippen LogP contribution in [0.5, 0.6) is 0 Å². The molecule has 2 unspecified atom stereocenters. The van der Waals surface area contributed by atoms with Gasteiger partial charge in [0.1, 0.15) is 5.82 Å². The van der Waals surface area contributed by atoms with Crippen molar-refractivity contribution in [3.8, 4) is 0 Å². The molecule has 1 aromatic carbocycles. The molecule has 0 aromatic heterocycles. The van der Waals surface area contributed by atoms with Crippen LogP contribution in [0.2, 0.25) is 0 Å². The maximum Gasteiger partial charge on any atom is 0.152 e. The zero-order chi connectivity index (χ0) is 13.3. The molecular formula is C12H15BrFNO2S. The van der Waals surface area contributed by atoms with Gasteiger partial charge in [-0.15, -0.1) is 0 Å². The topological polar surface area (TPSA) is 46.2 Å². The summed E-state index contributed by atoms with van der Waals surface area (Å²) in [5, 5.41) is 2.75. The molecule has 1 aliphatic carbocycles. The molecule has 0 radical (unpaired) electrons. The van der Waals surface area contributed by atoms with Crippen molar-refractivity contribution < 1.29 is 12.8 Å². The number of hydrogen-bond acceptors (Lipinski definition) is 3. The number of anilines is 1. The molecule has 1 N–H and O–H groups in total. The molecule has 0 aliphatic heterocycles. The summed E-state index contributed by atoms with van der Waals surface area (Å²) in [6.45, 7) is 0. The highest BCUT2D eigenvalue weighted by Gasteiger charge is 2.34. The maximum absolute atomic E-state index is 13.4. The van der Waals surface area contributed by atoms with Crippen molar-refractivity contribution in [2.45, 2.75) is 30.6 Å². The lowest BCUT2D eigenvalue weighted by Gasteiger charge is -2.20. The van der Waals surface area contributed by atoms with Gasteiger partial charge in [-0.05, 0) is 53.4 Å². The van der Waals surface area contributed by atoms with Crippen molar-refractivity contribution in [3.63, 3.8) is 0 Å². The van der Waals surface area contributed by atoms with Gasteiger partial charge in [-0.3, -0.25) is 0 Å². The zero-order valence-corrected chi connectivity index (χ0v) is 12.4. The molecule has 0 saturated heterocycles. The standard InChI is InChI=1S/C12H15BrFNO2S/c1-18(16,17)12-4-2-3-11(12)15-8-5-6-9(13)10(14)7-8/h5-7,11-12,15H,2-4H2,1H3. The van der Waals surface area contributed by atoms with Crippen molar-refractivity contribution in [3.05, 3.63) is 28.5 Å². The highest BCUT2D eigenvalue weighted by Crippen LogP contribution is 2.29. The molecule has 0 heterocycles. The minimum absolute atomic E-state index is 0.124. The van der Waals surface area contributed by atoms with E-state index < -0.39 is 9.84 Å². The summed E-state index contributed by atoms with van der Waals surface area (Å²) in [6, 6.07) is 4.61. The molecular weight excluding hydrogens is 321 g/mol. The second-order valence-corrected chi connectivity index (χ2v) is 7.80. The van der Waals surface area contributed by atoms with E-state index in [2.05, 4.69) is 21.2 Å². The van der Waals surface area contributed by atoms with Crippen molar-refractivity contribution in [1.29, 1.82) is 0 Å². The Labute approximate surface area is 115 Å². The molecule has 1 fully saturated rings. The van der Waals surface area contributed by atoms with Crippen LogP contribution in [0.25, 0.3) is 0 Å². The van der Waals surface area contributed by atoms with Crippen molar-refractivity contribution in [2.75, 3.05) is 11.6 Å². The molecule has 0 bridgehead atoms. The Hall–Kier alpha value is -0.620. The SMILES string of the molecule is CS(=O)(=O)C1CCCC1Nc1ccc(Br)c(F)c1. The van der Waals surface area contributed by atoms with E-state index in [9.17, 15) is 12.8 Å². The van der Waals surface area contributed by atoms with E-state index in [0.717, 1.165) is 12.8 Å². The van der Waals surface area contributed by atoms with E-state index in [-0.39, 0.29) is 17.1 Å². The van der Waals surface area contributed by atoms with Gasteiger partial charge in [0.2, 0.25) is 0 Å². The third kappa shape index (κ3) is 3.03. The number of halogens is 2. The fraction of sp³-hybridized carbons (Fsp3) is 0.500. The first kappa shape index (κ1) is 13.8. The van der Waals surface area contributed by atoms with Crippen LogP contribution in [0.4, 0.5) is 10.1 Å². The summed E-state index contributed by atoms with van der Waals surface area (Å²) < 4.78 is 37.0. The Kier molecular flexibility index (Phi) is 3.96. The zero-order valence-electron chi connectivity index (χ0n) is 9.99. The van der Waals surface area contributed by atoms with Crippen LogP contribution in [0.15, 0.2) is 22.7 Å². The first-order valence-corrected chi connectivity index (χ1v) is 8.53. The highest BCUT2D eigenvalue weighted by atomic mass is 79.9. The second-order valence-electron chi connectivity index (χ2n) is 4.68. The van der Waals surface area contributed by atoms with Gasteiger partial charge in [0.15, 0.2) is 9.84 Å². The molecule has 6 heteroatoms. The second kappa shape index (κ2) is 5.17. The van der Waals surface area contributed by atoms with Gasteiger partial charge >= 0.3 is 0 Å². The first-order valence-electron chi connectivity index (χ1n) is 5.78. The van der Waals surface area contributed by atoms with Crippen LogP contribution in [0.3, 0.4) is 0 Å². The highest BCUT2D eigenvalue weighted by molar-refractivity contribution is 9.10. The predicted octanol–water partition coefficient (Wildman–Crippen LogP) is 2.97. The molecule has 1 aliphatic rings. The van der Waals surface area contributed by atoms with Gasteiger partial charge in [-0.1, -0.05) is 0 Å². The molecule has 1 saturated carbocycles. The Morgan fingerprint density at radius 2 is 2.11 bits per heavy atom. The Balaban J connectivity index is 2.16. The van der Waals surface area contributed by atoms with Gasteiger partial charge in [0.25, 0.3) is 0 Å². The molecule has 3 nitrogen and oxygen atoms in total. The van der Waals surface area contributed by atoms with Crippen LogP contribution in [-0.2, 0) is 9.84 Å². The summed E-state index contributed by atoms with van der Waals surface area (Å²) in [5.74, 6) is -0.353. The fourth-order valence-electron chi connectivity index (χ4n) is 2.40. The van der Waals surface area contributed by atoms with E-state index in [1.807, 2.05) is 0 Å². The average molecular weight is 336 g/mol. The number of rotatable bonds is 3. The summed E-state index contributed by atoms with van der Waals surface area (Å²) in [5.41, 5.74) is 0.622. The lowest BCUT2D eigenvalue weighted by molar-refractivity contribution is 0.579. The quantitative estimate of drug-likeness (QED) is 0.923. The molecule has 100 valence electrons. The third-order valence-corrected chi connectivity index (χ3v) is 5.58. The monoisotopic (exact) mass is 335 g/mol. The van der Waals surface area contributed by atoms with Gasteiger partial charge in [-0.25, -0.2) is 12.8 Å². The number of benzene rings is 1. The molecule has 18 heavy (non-hydrogen) atoms. The smallest absolute Gasteiger partial charge is 0.152 e. The van der Waals surface area contributed by atoms with Crippen LogP contribution in [0.1, 0.15) is 19.3 Å². The number of hydrogen-bond donors (Lipinski definition) is 1. The maximum atomic E-state index is 13.4. The van der Waals surface area contributed by atoms with Gasteiger partial charge < -0.3 is 5.32 Å². The van der Waals surface area contributed by atoms with Crippen molar-refractivity contribution >= 4 is 31.5 Å². The van der Waals surface area contributed by atoms with Crippen molar-refractivity contribution in [2.24, 2.45) is 0 Å². The average Bonchev–Trinajstić information content (AvgIpc) is 2.71. The molecule has 0 spiro atoms. The summed E-state index contributed by atoms with van der Waals surface area (Å²) in [7, 11) is -3.06. The molecule has 1 aromatic rings. The van der Waals surface area contributed by atoms with Gasteiger partial charge in [0, 0.05) is 18.0 Å². The predicted molar refractivity (Wildman–Crippen MR) is 74.0 cm³/mol. The Morgan fingerprint density at radius 1 is 1.39 bits per heavy atom. The molecule has 2 rings (SSSR count). The number of nitrogens with one attached hydrogen (secondary N) is 1. The van der Waals surface area contributed by atoms with Gasteiger partial charge in [0.05, 0.1) is 9.72 Å². The minimum atomic E-state index is -3.06. The van der Waals surface area contributed by atoms with Crippen LogP contribution < -0.4 is 5.32 Å². The van der Waals surface area contributed by atoms with Crippen LogP contribution in [0, 0.1) is 5.82 Å². The van der Waals surface area contributed by atoms with Gasteiger partial charge in [-0.2, -0.15) is 0 Å². The third-order valence-electron chi connectivity index (χ3n) is 3.27. The van der Waals surface area contributed by atoms with E-state index in [1.165, 1.54) is 12.3 Å². The van der Waals surface area contributed by atoms with E-state index in [0.29, 0.717) is 16.6 Å². The largest absolute Gasteiger partial charge is 0.381 e. The Morgan fingerprint density at radius 3 is 2.72 bits per heavy atom. The van der Waals surface area contributed by atoms with E-state index >= 15 is 0 Å². The summed E-state index contributed by atoms with van der Waals surface area (Å²) >= 11 is 3.09. The normalized spacial score (nSPS) is 24.2. The fourth-order valence-corrected chi connectivity index (χ4v) is 4.05. The minimum Gasteiger partial charge on any atom is -0.381 e. The first-order chi connectivity index (χ1) is 8.38. The molecule has 2 atom stereocenters. The van der Waals surface area contributed by atoms with Crippen LogP contribution >= 0.6 is 15.9 Å². The van der Waals surface area contributed by atoms with E-state index in [1.54, 1.807) is 12.1 Å². The lowest BCUT2D eigenvalue weighted by atomic mass is 10.2. The number of sulfone groups is 1. The van der Waals surface area contributed by atoms with Crippen LogP contribution in [-0.4, -0.2) is 26.0 Å². The summed E-state index contributed by atoms with van der Waals surface area (Å²) in [6.07, 6.45) is 3.62.